The van der Waals surface area contributed by atoms with Crippen LogP contribution in [0.2, 0.25) is 5.02 Å². The Labute approximate surface area is 143 Å². The van der Waals surface area contributed by atoms with Gasteiger partial charge in [-0.25, -0.2) is 0 Å². The van der Waals surface area contributed by atoms with Crippen LogP contribution in [0.5, 0.6) is 0 Å². The first-order valence-electron chi connectivity index (χ1n) is 7.13. The fourth-order valence-electron chi connectivity index (χ4n) is 2.31. The maximum absolute atomic E-state index is 12.4. The van der Waals surface area contributed by atoms with E-state index in [2.05, 4.69) is 0 Å². The molecule has 0 aliphatic carbocycles. The highest BCUT2D eigenvalue weighted by Gasteiger charge is 2.35. The highest BCUT2D eigenvalue weighted by Crippen LogP contribution is 2.38. The molecule has 0 N–H and O–H groups in total. The van der Waals surface area contributed by atoms with E-state index in [9.17, 15) is 9.59 Å². The molecule has 2 aromatic rings. The Morgan fingerprint density at radius 1 is 1.13 bits per heavy atom. The van der Waals surface area contributed by atoms with Crippen LogP contribution >= 0.6 is 23.4 Å². The average Bonchev–Trinajstić information content (AvgIpc) is 2.83. The van der Waals surface area contributed by atoms with Crippen LogP contribution < -0.4 is 4.90 Å². The second-order valence-electron chi connectivity index (χ2n) is 5.12. The van der Waals surface area contributed by atoms with Crippen molar-refractivity contribution in [3.8, 4) is 0 Å². The maximum atomic E-state index is 12.4. The van der Waals surface area contributed by atoms with Crippen molar-refractivity contribution in [2.45, 2.75) is 12.2 Å². The summed E-state index contributed by atoms with van der Waals surface area (Å²) in [5, 5.41) is 1.02. The molecule has 1 atom stereocenters. The summed E-state index contributed by atoms with van der Waals surface area (Å²) in [7, 11) is 0. The number of halogens is 1. The normalized spacial score (nSPS) is 19.4. The number of nitrogens with zero attached hydrogens (tertiary/aromatic N) is 1. The van der Waals surface area contributed by atoms with Crippen LogP contribution in [-0.2, 0) is 4.79 Å². The number of ketones is 1. The number of allylic oxidation sites excluding steroid dienone is 1. The Balaban J connectivity index is 1.94. The highest BCUT2D eigenvalue weighted by atomic mass is 35.5. The van der Waals surface area contributed by atoms with Gasteiger partial charge in [0.25, 0.3) is 0 Å². The largest absolute Gasteiger partial charge is 0.289 e. The third-order valence-corrected chi connectivity index (χ3v) is 4.83. The molecule has 1 unspecified atom stereocenters. The van der Waals surface area contributed by atoms with Gasteiger partial charge < -0.3 is 0 Å². The average molecular weight is 344 g/mol. The van der Waals surface area contributed by atoms with Gasteiger partial charge >= 0.3 is 0 Å². The first kappa shape index (κ1) is 15.8. The van der Waals surface area contributed by atoms with Crippen LogP contribution in [0.4, 0.5) is 5.69 Å². The van der Waals surface area contributed by atoms with Crippen molar-refractivity contribution in [3.05, 3.63) is 76.3 Å². The van der Waals surface area contributed by atoms with Crippen molar-refractivity contribution in [2.24, 2.45) is 0 Å². The molecule has 2 aromatic carbocycles. The van der Waals surface area contributed by atoms with E-state index >= 15 is 0 Å². The standard InChI is InChI=1S/C18H14ClNO2S/c1-12-18(22)20(15-5-3-2-4-6-15)17(23-12)11-16(21)13-7-9-14(19)10-8-13/h2-12H,1H3/b17-11-. The van der Waals surface area contributed by atoms with E-state index in [0.29, 0.717) is 15.6 Å². The first-order valence-corrected chi connectivity index (χ1v) is 8.39. The van der Waals surface area contributed by atoms with Crippen molar-refractivity contribution in [2.75, 3.05) is 4.90 Å². The van der Waals surface area contributed by atoms with E-state index in [1.54, 1.807) is 29.2 Å². The molecule has 1 heterocycles. The van der Waals surface area contributed by atoms with Gasteiger partial charge in [0.05, 0.1) is 10.3 Å². The van der Waals surface area contributed by atoms with Gasteiger partial charge in [-0.3, -0.25) is 14.5 Å². The molecule has 1 aliphatic heterocycles. The third kappa shape index (κ3) is 3.33. The molecule has 0 bridgehead atoms. The lowest BCUT2D eigenvalue weighted by Crippen LogP contribution is -2.27. The van der Waals surface area contributed by atoms with E-state index in [-0.39, 0.29) is 16.9 Å². The molecule has 1 saturated heterocycles. The number of carbonyl (C=O) groups excluding carboxylic acids is 2. The summed E-state index contributed by atoms with van der Waals surface area (Å²) >= 11 is 7.24. The lowest BCUT2D eigenvalue weighted by molar-refractivity contribution is -0.116. The first-order chi connectivity index (χ1) is 11.1. The monoisotopic (exact) mass is 343 g/mol. The van der Waals surface area contributed by atoms with Crippen LogP contribution in [0.15, 0.2) is 65.7 Å². The molecule has 116 valence electrons. The van der Waals surface area contributed by atoms with E-state index in [1.165, 1.54) is 17.8 Å². The van der Waals surface area contributed by atoms with Crippen LogP contribution in [0.1, 0.15) is 17.3 Å². The van der Waals surface area contributed by atoms with E-state index in [4.69, 9.17) is 11.6 Å². The van der Waals surface area contributed by atoms with Crippen LogP contribution in [0.25, 0.3) is 0 Å². The molecular formula is C18H14ClNO2S. The van der Waals surface area contributed by atoms with Gasteiger partial charge in [0, 0.05) is 22.3 Å². The molecular weight excluding hydrogens is 330 g/mol. The molecule has 1 aliphatic rings. The number of para-hydroxylation sites is 1. The van der Waals surface area contributed by atoms with Crippen LogP contribution in [0, 0.1) is 0 Å². The number of hydrogen-bond acceptors (Lipinski definition) is 3. The fraction of sp³-hybridized carbons (Fsp3) is 0.111. The second kappa shape index (κ2) is 6.60. The molecule has 0 aromatic heterocycles. The maximum Gasteiger partial charge on any atom is 0.245 e. The van der Waals surface area contributed by atoms with Crippen molar-refractivity contribution in [1.82, 2.24) is 0 Å². The Hall–Kier alpha value is -2.04. The lowest BCUT2D eigenvalue weighted by atomic mass is 10.1. The van der Waals surface area contributed by atoms with E-state index < -0.39 is 0 Å². The molecule has 23 heavy (non-hydrogen) atoms. The summed E-state index contributed by atoms with van der Waals surface area (Å²) in [5.74, 6) is -0.164. The number of hydrogen-bond donors (Lipinski definition) is 0. The summed E-state index contributed by atoms with van der Waals surface area (Å²) in [6, 6.07) is 16.1. The SMILES string of the molecule is CC1S/C(=C\C(=O)c2ccc(Cl)cc2)N(c2ccccc2)C1=O. The van der Waals surface area contributed by atoms with Gasteiger partial charge in [-0.05, 0) is 43.3 Å². The highest BCUT2D eigenvalue weighted by molar-refractivity contribution is 8.05. The van der Waals surface area contributed by atoms with Crippen LogP contribution in [-0.4, -0.2) is 16.9 Å². The molecule has 0 saturated carbocycles. The molecule has 5 heteroatoms. The number of amides is 1. The van der Waals surface area contributed by atoms with Gasteiger partial charge in [-0.1, -0.05) is 41.6 Å². The number of anilines is 1. The minimum absolute atomic E-state index is 0.0173. The van der Waals surface area contributed by atoms with Crippen molar-refractivity contribution in [3.63, 3.8) is 0 Å². The molecule has 0 radical (unpaired) electrons. The fourth-order valence-corrected chi connectivity index (χ4v) is 3.48. The predicted molar refractivity (Wildman–Crippen MR) is 94.8 cm³/mol. The number of rotatable bonds is 3. The zero-order valence-corrected chi connectivity index (χ0v) is 14.0. The van der Waals surface area contributed by atoms with Gasteiger partial charge in [-0.2, -0.15) is 0 Å². The summed E-state index contributed by atoms with van der Waals surface area (Å²) in [5.41, 5.74) is 1.31. The zero-order valence-electron chi connectivity index (χ0n) is 12.4. The minimum Gasteiger partial charge on any atom is -0.289 e. The molecule has 1 amide bonds. The number of carbonyl (C=O) groups is 2. The van der Waals surface area contributed by atoms with Crippen molar-refractivity contribution in [1.29, 1.82) is 0 Å². The van der Waals surface area contributed by atoms with E-state index in [1.807, 2.05) is 37.3 Å². The smallest absolute Gasteiger partial charge is 0.245 e. The van der Waals surface area contributed by atoms with Gasteiger partial charge in [0.15, 0.2) is 5.78 Å². The summed E-state index contributed by atoms with van der Waals surface area (Å²) in [4.78, 5) is 26.4. The summed E-state index contributed by atoms with van der Waals surface area (Å²) in [6.07, 6.45) is 1.52. The Morgan fingerprint density at radius 3 is 2.43 bits per heavy atom. The Bertz CT molecular complexity index is 771. The topological polar surface area (TPSA) is 37.4 Å². The predicted octanol–water partition coefficient (Wildman–Crippen LogP) is 4.53. The zero-order chi connectivity index (χ0) is 16.4. The minimum atomic E-state index is -0.209. The second-order valence-corrected chi connectivity index (χ2v) is 6.92. The number of thioether (sulfide) groups is 1. The molecule has 3 nitrogen and oxygen atoms in total. The van der Waals surface area contributed by atoms with Gasteiger partial charge in [0.2, 0.25) is 5.91 Å². The quantitative estimate of drug-likeness (QED) is 0.607. The Morgan fingerprint density at radius 2 is 1.78 bits per heavy atom. The third-order valence-electron chi connectivity index (χ3n) is 3.48. The van der Waals surface area contributed by atoms with E-state index in [0.717, 1.165) is 5.69 Å². The van der Waals surface area contributed by atoms with Crippen molar-refractivity contribution >= 4 is 40.7 Å². The molecule has 3 rings (SSSR count). The Kier molecular flexibility index (Phi) is 4.55. The van der Waals surface area contributed by atoms with Crippen molar-refractivity contribution < 1.29 is 9.59 Å². The molecule has 1 fully saturated rings. The molecule has 0 spiro atoms. The summed E-state index contributed by atoms with van der Waals surface area (Å²) < 4.78 is 0. The van der Waals surface area contributed by atoms with Gasteiger partial charge in [-0.15, -0.1) is 0 Å². The lowest BCUT2D eigenvalue weighted by Gasteiger charge is -2.17. The van der Waals surface area contributed by atoms with Gasteiger partial charge in [0.1, 0.15) is 0 Å². The summed E-state index contributed by atoms with van der Waals surface area (Å²) in [6.45, 7) is 1.84. The number of benzene rings is 2. The van der Waals surface area contributed by atoms with Crippen LogP contribution in [0.3, 0.4) is 0 Å².